The van der Waals surface area contributed by atoms with Gasteiger partial charge in [0.15, 0.2) is 0 Å². The molecule has 1 aliphatic rings. The minimum atomic E-state index is -0.154. The van der Waals surface area contributed by atoms with E-state index in [0.717, 1.165) is 18.5 Å². The summed E-state index contributed by atoms with van der Waals surface area (Å²) in [5.74, 6) is -0.154. The molecular weight excluding hydrogens is 309 g/mol. The quantitative estimate of drug-likeness (QED) is 0.894. The molecule has 1 saturated carbocycles. The Morgan fingerprint density at radius 2 is 2.00 bits per heavy atom. The Bertz CT molecular complexity index is 686. The van der Waals surface area contributed by atoms with Gasteiger partial charge in [-0.2, -0.15) is 0 Å². The third-order valence-corrected chi connectivity index (χ3v) is 3.68. The molecule has 1 fully saturated rings. The van der Waals surface area contributed by atoms with Crippen LogP contribution in [0.25, 0.3) is 0 Å². The second-order valence-electron chi connectivity index (χ2n) is 4.93. The first-order valence-corrected chi connectivity index (χ1v) is 7.36. The number of carbonyl (C=O) groups is 1. The number of amides is 1. The number of pyridine rings is 1. The van der Waals surface area contributed by atoms with Crippen LogP contribution in [0.4, 0.5) is 11.4 Å². The zero-order chi connectivity index (χ0) is 14.8. The average Bonchev–Trinajstić information content (AvgIpc) is 3.27. The van der Waals surface area contributed by atoms with Crippen LogP contribution in [0.5, 0.6) is 0 Å². The van der Waals surface area contributed by atoms with E-state index in [1.54, 1.807) is 36.5 Å². The van der Waals surface area contributed by atoms with Gasteiger partial charge in [-0.05, 0) is 43.2 Å². The fraction of sp³-hybridized carbons (Fsp3) is 0.200. The van der Waals surface area contributed by atoms with E-state index in [4.69, 9.17) is 23.2 Å². The topological polar surface area (TPSA) is 54.0 Å². The third kappa shape index (κ3) is 3.65. The highest BCUT2D eigenvalue weighted by Crippen LogP contribution is 2.28. The molecule has 1 amide bonds. The second kappa shape index (κ2) is 5.92. The van der Waals surface area contributed by atoms with Crippen LogP contribution in [0.3, 0.4) is 0 Å². The lowest BCUT2D eigenvalue weighted by molar-refractivity contribution is 0.0946. The minimum absolute atomic E-state index is 0.154. The average molecular weight is 322 g/mol. The number of hydrogen-bond donors (Lipinski definition) is 2. The highest BCUT2D eigenvalue weighted by atomic mass is 35.5. The van der Waals surface area contributed by atoms with Gasteiger partial charge in [0, 0.05) is 22.9 Å². The number of nitrogens with one attached hydrogen (secondary N) is 2. The lowest BCUT2D eigenvalue weighted by Gasteiger charge is -2.10. The zero-order valence-corrected chi connectivity index (χ0v) is 12.6. The summed E-state index contributed by atoms with van der Waals surface area (Å²) < 4.78 is 0. The number of benzene rings is 1. The molecule has 1 aromatic heterocycles. The Morgan fingerprint density at radius 1 is 1.19 bits per heavy atom. The predicted molar refractivity (Wildman–Crippen MR) is 84.5 cm³/mol. The maximum atomic E-state index is 12.0. The summed E-state index contributed by atoms with van der Waals surface area (Å²) in [6.07, 6.45) is 3.67. The molecule has 1 aliphatic carbocycles. The molecule has 1 aromatic carbocycles. The first-order chi connectivity index (χ1) is 10.1. The van der Waals surface area contributed by atoms with Gasteiger partial charge in [0.25, 0.3) is 5.91 Å². The number of anilines is 2. The van der Waals surface area contributed by atoms with Crippen LogP contribution in [0.2, 0.25) is 10.0 Å². The molecule has 0 atom stereocenters. The Labute approximate surface area is 132 Å². The fourth-order valence-corrected chi connectivity index (χ4v) is 2.21. The van der Waals surface area contributed by atoms with E-state index >= 15 is 0 Å². The van der Waals surface area contributed by atoms with Gasteiger partial charge in [0.2, 0.25) is 0 Å². The van der Waals surface area contributed by atoms with E-state index in [2.05, 4.69) is 15.6 Å². The molecule has 0 spiro atoms. The van der Waals surface area contributed by atoms with Crippen molar-refractivity contribution in [3.05, 3.63) is 52.3 Å². The summed E-state index contributed by atoms with van der Waals surface area (Å²) >= 11 is 12.1. The van der Waals surface area contributed by atoms with Gasteiger partial charge in [-0.25, -0.2) is 0 Å². The second-order valence-corrected chi connectivity index (χ2v) is 5.77. The monoisotopic (exact) mass is 321 g/mol. The smallest absolute Gasteiger partial charge is 0.270 e. The molecule has 108 valence electrons. The zero-order valence-electron chi connectivity index (χ0n) is 11.1. The van der Waals surface area contributed by atoms with E-state index in [1.807, 2.05) is 0 Å². The number of aromatic nitrogens is 1. The summed E-state index contributed by atoms with van der Waals surface area (Å²) in [5, 5.41) is 7.19. The number of carbonyl (C=O) groups excluding carboxylic acids is 1. The van der Waals surface area contributed by atoms with Crippen LogP contribution >= 0.6 is 23.2 Å². The lowest BCUT2D eigenvalue weighted by atomic mass is 10.2. The van der Waals surface area contributed by atoms with Crippen molar-refractivity contribution in [2.24, 2.45) is 0 Å². The first-order valence-electron chi connectivity index (χ1n) is 6.61. The Balaban J connectivity index is 1.79. The van der Waals surface area contributed by atoms with E-state index in [1.165, 1.54) is 0 Å². The van der Waals surface area contributed by atoms with Crippen LogP contribution in [0, 0.1) is 0 Å². The Kier molecular flexibility index (Phi) is 3.99. The highest BCUT2D eigenvalue weighted by Gasteiger charge is 2.24. The summed E-state index contributed by atoms with van der Waals surface area (Å²) in [7, 11) is 0. The van der Waals surface area contributed by atoms with Gasteiger partial charge in [-0.3, -0.25) is 9.78 Å². The molecule has 0 unspecified atom stereocenters. The minimum Gasteiger partial charge on any atom is -0.354 e. The standard InChI is InChI=1S/C15H13Cl2N3O/c16-9-1-4-12(17)13(7-9)19-11-5-6-18-14(8-11)15(21)20-10-2-3-10/h1,4-8,10H,2-3H2,(H,18,19)(H,20,21). The van der Waals surface area contributed by atoms with Crippen molar-refractivity contribution in [3.63, 3.8) is 0 Å². The molecule has 0 radical (unpaired) electrons. The molecule has 0 saturated heterocycles. The number of rotatable bonds is 4. The number of halogens is 2. The first kappa shape index (κ1) is 14.2. The van der Waals surface area contributed by atoms with Crippen LogP contribution in [-0.4, -0.2) is 16.9 Å². The van der Waals surface area contributed by atoms with Crippen molar-refractivity contribution in [2.45, 2.75) is 18.9 Å². The highest BCUT2D eigenvalue weighted by molar-refractivity contribution is 6.35. The normalized spacial score (nSPS) is 13.8. The molecule has 3 rings (SSSR count). The molecule has 1 heterocycles. The van der Waals surface area contributed by atoms with E-state index in [0.29, 0.717) is 27.5 Å². The van der Waals surface area contributed by atoms with Gasteiger partial charge in [-0.15, -0.1) is 0 Å². The summed E-state index contributed by atoms with van der Waals surface area (Å²) in [5.41, 5.74) is 1.80. The SMILES string of the molecule is O=C(NC1CC1)c1cc(Nc2cc(Cl)ccc2Cl)ccn1. The number of hydrogen-bond acceptors (Lipinski definition) is 3. The van der Waals surface area contributed by atoms with Crippen molar-refractivity contribution < 1.29 is 4.79 Å². The largest absolute Gasteiger partial charge is 0.354 e. The maximum Gasteiger partial charge on any atom is 0.270 e. The predicted octanol–water partition coefficient (Wildman–Crippen LogP) is 4.02. The van der Waals surface area contributed by atoms with Gasteiger partial charge >= 0.3 is 0 Å². The maximum absolute atomic E-state index is 12.0. The molecule has 2 aromatic rings. The van der Waals surface area contributed by atoms with E-state index in [-0.39, 0.29) is 5.91 Å². The van der Waals surface area contributed by atoms with Gasteiger partial charge < -0.3 is 10.6 Å². The fourth-order valence-electron chi connectivity index (χ4n) is 1.87. The number of nitrogens with zero attached hydrogens (tertiary/aromatic N) is 1. The van der Waals surface area contributed by atoms with Crippen molar-refractivity contribution in [2.75, 3.05) is 5.32 Å². The molecule has 4 nitrogen and oxygen atoms in total. The summed E-state index contributed by atoms with van der Waals surface area (Å²) in [6.45, 7) is 0. The lowest BCUT2D eigenvalue weighted by Crippen LogP contribution is -2.26. The van der Waals surface area contributed by atoms with Gasteiger partial charge in [0.1, 0.15) is 5.69 Å². The molecule has 2 N–H and O–H groups in total. The Morgan fingerprint density at radius 3 is 2.76 bits per heavy atom. The summed E-state index contributed by atoms with van der Waals surface area (Å²) in [4.78, 5) is 16.1. The van der Waals surface area contributed by atoms with Crippen molar-refractivity contribution in [3.8, 4) is 0 Å². The van der Waals surface area contributed by atoms with Crippen molar-refractivity contribution >= 4 is 40.5 Å². The van der Waals surface area contributed by atoms with Crippen LogP contribution in [0.15, 0.2) is 36.5 Å². The Hall–Kier alpha value is -1.78. The van der Waals surface area contributed by atoms with Crippen molar-refractivity contribution in [1.82, 2.24) is 10.3 Å². The third-order valence-electron chi connectivity index (χ3n) is 3.11. The molecule has 0 bridgehead atoms. The van der Waals surface area contributed by atoms with Crippen LogP contribution < -0.4 is 10.6 Å². The molecule has 6 heteroatoms. The van der Waals surface area contributed by atoms with Gasteiger partial charge in [0.05, 0.1) is 10.7 Å². The molecule has 0 aliphatic heterocycles. The van der Waals surface area contributed by atoms with E-state index in [9.17, 15) is 4.79 Å². The van der Waals surface area contributed by atoms with Crippen LogP contribution in [0.1, 0.15) is 23.3 Å². The molecular formula is C15H13Cl2N3O. The van der Waals surface area contributed by atoms with Gasteiger partial charge in [-0.1, -0.05) is 23.2 Å². The van der Waals surface area contributed by atoms with Crippen LogP contribution in [-0.2, 0) is 0 Å². The summed E-state index contributed by atoms with van der Waals surface area (Å²) in [6, 6.07) is 8.93. The molecule has 21 heavy (non-hydrogen) atoms. The van der Waals surface area contributed by atoms with E-state index < -0.39 is 0 Å². The van der Waals surface area contributed by atoms with Crippen molar-refractivity contribution in [1.29, 1.82) is 0 Å².